The van der Waals surface area contributed by atoms with E-state index in [1.54, 1.807) is 0 Å². The van der Waals surface area contributed by atoms with Crippen molar-refractivity contribution in [3.63, 3.8) is 0 Å². The molecule has 1 aromatic carbocycles. The smallest absolute Gasteiger partial charge is 0.413 e. The quantitative estimate of drug-likeness (QED) is 0.867. The number of Topliss-reactive ketones (excluding diaryl/α,β-unsaturated/α-hetero) is 1. The van der Waals surface area contributed by atoms with Gasteiger partial charge >= 0.3 is 6.18 Å². The highest BCUT2D eigenvalue weighted by atomic mass is 35.5. The zero-order chi connectivity index (χ0) is 14.1. The lowest BCUT2D eigenvalue weighted by Crippen LogP contribution is -2.57. The van der Waals surface area contributed by atoms with Gasteiger partial charge in [0.15, 0.2) is 11.3 Å². The number of nitrogens with two attached hydrogens (primary N) is 1. The van der Waals surface area contributed by atoms with Crippen molar-refractivity contribution < 1.29 is 22.7 Å². The number of ketones is 1. The first kappa shape index (κ1) is 14.8. The first-order chi connectivity index (χ1) is 8.11. The van der Waals surface area contributed by atoms with E-state index >= 15 is 0 Å². The molecular weight excluding hydrogens is 271 g/mol. The first-order valence-corrected chi connectivity index (χ1v) is 5.23. The van der Waals surface area contributed by atoms with Crippen LogP contribution in [0.4, 0.5) is 13.2 Å². The van der Waals surface area contributed by atoms with Gasteiger partial charge in [-0.25, -0.2) is 0 Å². The third kappa shape index (κ3) is 2.59. The number of alkyl halides is 3. The van der Waals surface area contributed by atoms with Crippen molar-refractivity contribution in [2.24, 2.45) is 5.73 Å². The minimum absolute atomic E-state index is 0.112. The van der Waals surface area contributed by atoms with Crippen LogP contribution < -0.4 is 10.5 Å². The van der Waals surface area contributed by atoms with E-state index in [9.17, 15) is 18.0 Å². The van der Waals surface area contributed by atoms with Crippen LogP contribution in [-0.2, 0) is 0 Å². The Morgan fingerprint density at radius 2 is 1.94 bits per heavy atom. The lowest BCUT2D eigenvalue weighted by molar-refractivity contribution is -0.165. The molecule has 0 amide bonds. The van der Waals surface area contributed by atoms with Crippen molar-refractivity contribution in [3.8, 4) is 5.75 Å². The van der Waals surface area contributed by atoms with E-state index in [1.165, 1.54) is 19.2 Å². The van der Waals surface area contributed by atoms with E-state index in [4.69, 9.17) is 22.1 Å². The molecule has 0 radical (unpaired) electrons. The van der Waals surface area contributed by atoms with Gasteiger partial charge in [-0.1, -0.05) is 11.6 Å². The Bertz CT molecular complexity index is 472. The van der Waals surface area contributed by atoms with E-state index in [0.717, 1.165) is 6.07 Å². The van der Waals surface area contributed by atoms with Crippen LogP contribution in [-0.4, -0.2) is 24.6 Å². The molecule has 0 aliphatic heterocycles. The average molecular weight is 282 g/mol. The number of halogens is 4. The summed E-state index contributed by atoms with van der Waals surface area (Å²) in [5, 5.41) is 0.194. The minimum atomic E-state index is -4.84. The summed E-state index contributed by atoms with van der Waals surface area (Å²) in [6.45, 7) is 0.621. The highest BCUT2D eigenvalue weighted by Gasteiger charge is 2.53. The Hall–Kier alpha value is -1.27. The molecule has 0 fully saturated rings. The molecule has 0 spiro atoms. The molecule has 1 atom stereocenters. The molecule has 0 saturated carbocycles. The fraction of sp³-hybridized carbons (Fsp3) is 0.364. The number of hydrogen-bond donors (Lipinski definition) is 1. The van der Waals surface area contributed by atoms with Crippen LogP contribution in [0, 0.1) is 0 Å². The zero-order valence-electron chi connectivity index (χ0n) is 9.64. The van der Waals surface area contributed by atoms with Gasteiger partial charge in [0.2, 0.25) is 0 Å². The molecule has 1 aromatic rings. The number of carbonyl (C=O) groups is 1. The number of rotatable bonds is 3. The van der Waals surface area contributed by atoms with Gasteiger partial charge in [0.25, 0.3) is 0 Å². The normalized spacial score (nSPS) is 15.1. The number of hydrogen-bond acceptors (Lipinski definition) is 3. The van der Waals surface area contributed by atoms with Crippen molar-refractivity contribution in [1.29, 1.82) is 0 Å². The van der Waals surface area contributed by atoms with Gasteiger partial charge in [-0.2, -0.15) is 13.2 Å². The second-order valence-electron chi connectivity index (χ2n) is 3.88. The topological polar surface area (TPSA) is 52.3 Å². The molecule has 100 valence electrons. The van der Waals surface area contributed by atoms with Crippen molar-refractivity contribution in [2.45, 2.75) is 18.6 Å². The summed E-state index contributed by atoms with van der Waals surface area (Å²) in [5.41, 5.74) is 1.89. The van der Waals surface area contributed by atoms with Crippen LogP contribution in [0.2, 0.25) is 5.02 Å². The van der Waals surface area contributed by atoms with Crippen LogP contribution in [0.15, 0.2) is 18.2 Å². The predicted octanol–water partition coefficient (Wildman–Crippen LogP) is 2.81. The monoisotopic (exact) mass is 281 g/mol. The second-order valence-corrected chi connectivity index (χ2v) is 4.29. The van der Waals surface area contributed by atoms with Crippen molar-refractivity contribution in [2.75, 3.05) is 7.11 Å². The van der Waals surface area contributed by atoms with Gasteiger partial charge in [-0.3, -0.25) is 4.79 Å². The Balaban J connectivity index is 3.20. The van der Waals surface area contributed by atoms with Gasteiger partial charge in [0.1, 0.15) is 5.75 Å². The lowest BCUT2D eigenvalue weighted by Gasteiger charge is -2.26. The Kier molecular flexibility index (Phi) is 3.92. The average Bonchev–Trinajstić information content (AvgIpc) is 2.27. The van der Waals surface area contributed by atoms with Gasteiger partial charge in [-0.05, 0) is 25.1 Å². The number of methoxy groups -OCH3 is 1. The summed E-state index contributed by atoms with van der Waals surface area (Å²) < 4.78 is 42.7. The molecule has 0 aliphatic carbocycles. The van der Waals surface area contributed by atoms with Crippen LogP contribution in [0.25, 0.3) is 0 Å². The van der Waals surface area contributed by atoms with Crippen molar-refractivity contribution in [1.82, 2.24) is 0 Å². The van der Waals surface area contributed by atoms with E-state index in [-0.39, 0.29) is 16.3 Å². The summed E-state index contributed by atoms with van der Waals surface area (Å²) in [6, 6.07) is 3.58. The summed E-state index contributed by atoms with van der Waals surface area (Å²) in [5.74, 6) is -1.13. The highest BCUT2D eigenvalue weighted by Crippen LogP contribution is 2.33. The van der Waals surface area contributed by atoms with Crippen LogP contribution in [0.1, 0.15) is 17.3 Å². The summed E-state index contributed by atoms with van der Waals surface area (Å²) in [6.07, 6.45) is -4.84. The van der Waals surface area contributed by atoms with Gasteiger partial charge in [-0.15, -0.1) is 0 Å². The molecule has 0 aromatic heterocycles. The Morgan fingerprint density at radius 3 is 2.39 bits per heavy atom. The Labute approximate surface area is 107 Å². The molecule has 2 N–H and O–H groups in total. The second kappa shape index (κ2) is 4.78. The summed E-state index contributed by atoms with van der Waals surface area (Å²) >= 11 is 5.72. The summed E-state index contributed by atoms with van der Waals surface area (Å²) in [7, 11) is 1.29. The molecular formula is C11H11ClF3NO2. The molecule has 0 bridgehead atoms. The van der Waals surface area contributed by atoms with E-state index < -0.39 is 17.5 Å². The fourth-order valence-electron chi connectivity index (χ4n) is 1.23. The number of carbonyl (C=O) groups excluding carboxylic acids is 1. The van der Waals surface area contributed by atoms with Gasteiger partial charge in [0, 0.05) is 5.56 Å². The molecule has 1 rings (SSSR count). The molecule has 0 aliphatic rings. The highest BCUT2D eigenvalue weighted by molar-refractivity contribution is 6.32. The maximum Gasteiger partial charge on any atom is 0.413 e. The number of benzene rings is 1. The van der Waals surface area contributed by atoms with E-state index in [2.05, 4.69) is 0 Å². The van der Waals surface area contributed by atoms with Gasteiger partial charge in [0.05, 0.1) is 12.1 Å². The van der Waals surface area contributed by atoms with Crippen LogP contribution >= 0.6 is 11.6 Å². The molecule has 7 heteroatoms. The molecule has 3 nitrogen and oxygen atoms in total. The maximum absolute atomic E-state index is 12.6. The largest absolute Gasteiger partial charge is 0.495 e. The van der Waals surface area contributed by atoms with E-state index in [1.807, 2.05) is 0 Å². The Morgan fingerprint density at radius 1 is 1.39 bits per heavy atom. The van der Waals surface area contributed by atoms with E-state index in [0.29, 0.717) is 6.92 Å². The van der Waals surface area contributed by atoms with Crippen molar-refractivity contribution >= 4 is 17.4 Å². The fourth-order valence-corrected chi connectivity index (χ4v) is 1.42. The molecule has 0 heterocycles. The lowest BCUT2D eigenvalue weighted by atomic mass is 9.91. The predicted molar refractivity (Wildman–Crippen MR) is 61.0 cm³/mol. The first-order valence-electron chi connectivity index (χ1n) is 4.85. The standard InChI is InChI=1S/C11H11ClF3NO2/c1-10(16,11(13,14)15)9(17)6-3-4-7(12)8(5-6)18-2/h3-5H,16H2,1-2H3. The van der Waals surface area contributed by atoms with Crippen LogP contribution in [0.3, 0.4) is 0 Å². The zero-order valence-corrected chi connectivity index (χ0v) is 10.4. The third-order valence-electron chi connectivity index (χ3n) is 2.47. The molecule has 18 heavy (non-hydrogen) atoms. The minimum Gasteiger partial charge on any atom is -0.495 e. The molecule has 1 unspecified atom stereocenters. The van der Waals surface area contributed by atoms with Crippen LogP contribution in [0.5, 0.6) is 5.75 Å². The van der Waals surface area contributed by atoms with Gasteiger partial charge < -0.3 is 10.5 Å². The SMILES string of the molecule is COc1cc(C(=O)C(C)(N)C(F)(F)F)ccc1Cl. The molecule has 0 saturated heterocycles. The maximum atomic E-state index is 12.6. The summed E-state index contributed by atoms with van der Waals surface area (Å²) in [4.78, 5) is 11.7. The third-order valence-corrected chi connectivity index (χ3v) is 2.79. The van der Waals surface area contributed by atoms with Crippen molar-refractivity contribution in [3.05, 3.63) is 28.8 Å². The number of ether oxygens (including phenoxy) is 1.